The Morgan fingerprint density at radius 2 is 1.79 bits per heavy atom. The molecule has 0 fully saturated rings. The lowest BCUT2D eigenvalue weighted by molar-refractivity contribution is 0.1000. The maximum absolute atomic E-state index is 11.2. The van der Waals surface area contributed by atoms with Gasteiger partial charge in [0, 0.05) is 17.6 Å². The SMILES string of the molecule is CCOc1cc2cc(C(N)=O)cnc2cc1OCC. The van der Waals surface area contributed by atoms with E-state index in [-0.39, 0.29) is 0 Å². The minimum absolute atomic E-state index is 0.374. The normalized spacial score (nSPS) is 10.4. The predicted octanol–water partition coefficient (Wildman–Crippen LogP) is 2.13. The highest BCUT2D eigenvalue weighted by Crippen LogP contribution is 2.32. The molecule has 2 rings (SSSR count). The minimum Gasteiger partial charge on any atom is -0.490 e. The van der Waals surface area contributed by atoms with Crippen molar-refractivity contribution in [3.63, 3.8) is 0 Å². The first-order valence-corrected chi connectivity index (χ1v) is 6.15. The summed E-state index contributed by atoms with van der Waals surface area (Å²) in [4.78, 5) is 15.4. The summed E-state index contributed by atoms with van der Waals surface area (Å²) < 4.78 is 11.0. The van der Waals surface area contributed by atoms with Crippen LogP contribution in [0.3, 0.4) is 0 Å². The summed E-state index contributed by atoms with van der Waals surface area (Å²) in [7, 11) is 0. The summed E-state index contributed by atoms with van der Waals surface area (Å²) in [6, 6.07) is 5.31. The molecule has 1 amide bonds. The van der Waals surface area contributed by atoms with Gasteiger partial charge in [-0.3, -0.25) is 9.78 Å². The zero-order valence-corrected chi connectivity index (χ0v) is 11.0. The Bertz CT molecular complexity index is 611. The molecular weight excluding hydrogens is 244 g/mol. The largest absolute Gasteiger partial charge is 0.490 e. The van der Waals surface area contributed by atoms with Gasteiger partial charge in [0.05, 0.1) is 24.3 Å². The van der Waals surface area contributed by atoms with Crippen molar-refractivity contribution in [2.75, 3.05) is 13.2 Å². The molecule has 5 heteroatoms. The molecule has 0 unspecified atom stereocenters. The summed E-state index contributed by atoms with van der Waals surface area (Å²) in [5.74, 6) is 0.790. The van der Waals surface area contributed by atoms with Crippen LogP contribution in [0.2, 0.25) is 0 Å². The molecule has 5 nitrogen and oxygen atoms in total. The fraction of sp³-hybridized carbons (Fsp3) is 0.286. The van der Waals surface area contributed by atoms with E-state index in [1.807, 2.05) is 19.9 Å². The zero-order chi connectivity index (χ0) is 13.8. The molecular formula is C14H16N2O3. The molecule has 0 atom stereocenters. The lowest BCUT2D eigenvalue weighted by Crippen LogP contribution is -2.11. The molecule has 2 aromatic rings. The summed E-state index contributed by atoms with van der Waals surface area (Å²) in [5, 5.41) is 0.795. The maximum Gasteiger partial charge on any atom is 0.250 e. The van der Waals surface area contributed by atoms with Gasteiger partial charge in [-0.15, -0.1) is 0 Å². The number of primary amides is 1. The number of carbonyl (C=O) groups is 1. The number of hydrogen-bond donors (Lipinski definition) is 1. The number of amides is 1. The van der Waals surface area contributed by atoms with E-state index in [9.17, 15) is 4.79 Å². The fourth-order valence-corrected chi connectivity index (χ4v) is 1.81. The highest BCUT2D eigenvalue weighted by atomic mass is 16.5. The van der Waals surface area contributed by atoms with Crippen molar-refractivity contribution in [2.45, 2.75) is 13.8 Å². The minimum atomic E-state index is -0.499. The topological polar surface area (TPSA) is 74.4 Å². The predicted molar refractivity (Wildman–Crippen MR) is 72.6 cm³/mol. The van der Waals surface area contributed by atoms with Crippen LogP contribution in [0.4, 0.5) is 0 Å². The quantitative estimate of drug-likeness (QED) is 0.893. The maximum atomic E-state index is 11.2. The molecule has 0 spiro atoms. The molecule has 0 saturated heterocycles. The van der Waals surface area contributed by atoms with E-state index >= 15 is 0 Å². The Morgan fingerprint density at radius 3 is 2.37 bits per heavy atom. The van der Waals surface area contributed by atoms with Crippen molar-refractivity contribution >= 4 is 16.8 Å². The first-order chi connectivity index (χ1) is 9.15. The van der Waals surface area contributed by atoms with Crippen LogP contribution in [-0.2, 0) is 0 Å². The van der Waals surface area contributed by atoms with Gasteiger partial charge in [0.15, 0.2) is 11.5 Å². The second-order valence-electron chi connectivity index (χ2n) is 3.95. The van der Waals surface area contributed by atoms with E-state index in [1.165, 1.54) is 6.20 Å². The fourth-order valence-electron chi connectivity index (χ4n) is 1.81. The highest BCUT2D eigenvalue weighted by molar-refractivity contribution is 5.96. The summed E-state index contributed by atoms with van der Waals surface area (Å²) >= 11 is 0. The Balaban J connectivity index is 2.56. The molecule has 0 aliphatic heterocycles. The number of ether oxygens (including phenoxy) is 2. The van der Waals surface area contributed by atoms with Crippen molar-refractivity contribution in [3.8, 4) is 11.5 Å². The van der Waals surface area contributed by atoms with Crippen molar-refractivity contribution < 1.29 is 14.3 Å². The number of rotatable bonds is 5. The molecule has 1 heterocycles. The summed E-state index contributed by atoms with van der Waals surface area (Å²) in [5.41, 5.74) is 6.35. The van der Waals surface area contributed by atoms with Gasteiger partial charge in [0.25, 0.3) is 0 Å². The van der Waals surface area contributed by atoms with E-state index in [1.54, 1.807) is 12.1 Å². The first-order valence-electron chi connectivity index (χ1n) is 6.15. The number of pyridine rings is 1. The van der Waals surface area contributed by atoms with Gasteiger partial charge in [-0.1, -0.05) is 0 Å². The Hall–Kier alpha value is -2.30. The van der Waals surface area contributed by atoms with Crippen molar-refractivity contribution in [2.24, 2.45) is 5.73 Å². The first kappa shape index (κ1) is 13.1. The Kier molecular flexibility index (Phi) is 3.85. The van der Waals surface area contributed by atoms with Crippen LogP contribution < -0.4 is 15.2 Å². The third-order valence-corrected chi connectivity index (χ3v) is 2.63. The second kappa shape index (κ2) is 5.56. The number of benzene rings is 1. The van der Waals surface area contributed by atoms with Crippen LogP contribution in [-0.4, -0.2) is 24.1 Å². The molecule has 100 valence electrons. The molecule has 1 aromatic heterocycles. The van der Waals surface area contributed by atoms with E-state index < -0.39 is 5.91 Å². The van der Waals surface area contributed by atoms with Crippen LogP contribution in [0.1, 0.15) is 24.2 Å². The number of nitrogens with two attached hydrogens (primary N) is 1. The van der Waals surface area contributed by atoms with Crippen LogP contribution in [0.5, 0.6) is 11.5 Å². The van der Waals surface area contributed by atoms with E-state index in [0.29, 0.717) is 30.3 Å². The summed E-state index contributed by atoms with van der Waals surface area (Å²) in [6.45, 7) is 4.89. The lowest BCUT2D eigenvalue weighted by atomic mass is 10.1. The number of fused-ring (bicyclic) bond motifs is 1. The number of aromatic nitrogens is 1. The average Bonchev–Trinajstić information content (AvgIpc) is 2.39. The van der Waals surface area contributed by atoms with E-state index in [2.05, 4.69) is 4.98 Å². The van der Waals surface area contributed by atoms with Gasteiger partial charge >= 0.3 is 0 Å². The van der Waals surface area contributed by atoms with Crippen LogP contribution in [0.25, 0.3) is 10.9 Å². The molecule has 0 radical (unpaired) electrons. The molecule has 0 aliphatic carbocycles. The smallest absolute Gasteiger partial charge is 0.250 e. The standard InChI is InChI=1S/C14H16N2O3/c1-3-18-12-6-9-5-10(14(15)17)8-16-11(9)7-13(12)19-4-2/h5-8H,3-4H2,1-2H3,(H2,15,17). The van der Waals surface area contributed by atoms with Gasteiger partial charge in [-0.05, 0) is 26.0 Å². The van der Waals surface area contributed by atoms with Crippen molar-refractivity contribution in [1.29, 1.82) is 0 Å². The van der Waals surface area contributed by atoms with Crippen LogP contribution >= 0.6 is 0 Å². The molecule has 1 aromatic carbocycles. The van der Waals surface area contributed by atoms with Gasteiger partial charge in [-0.25, -0.2) is 0 Å². The molecule has 0 saturated carbocycles. The summed E-state index contributed by atoms with van der Waals surface area (Å²) in [6.07, 6.45) is 1.46. The van der Waals surface area contributed by atoms with Gasteiger partial charge in [0.2, 0.25) is 5.91 Å². The molecule has 0 bridgehead atoms. The molecule has 2 N–H and O–H groups in total. The Labute approximate surface area is 111 Å². The Morgan fingerprint density at radius 1 is 1.16 bits per heavy atom. The van der Waals surface area contributed by atoms with Crippen molar-refractivity contribution in [1.82, 2.24) is 4.98 Å². The third kappa shape index (κ3) is 2.76. The van der Waals surface area contributed by atoms with Crippen molar-refractivity contribution in [3.05, 3.63) is 30.0 Å². The van der Waals surface area contributed by atoms with E-state index in [0.717, 1.165) is 10.9 Å². The van der Waals surface area contributed by atoms with Crippen LogP contribution in [0.15, 0.2) is 24.4 Å². The number of hydrogen-bond acceptors (Lipinski definition) is 4. The second-order valence-corrected chi connectivity index (χ2v) is 3.95. The number of nitrogens with zero attached hydrogens (tertiary/aromatic N) is 1. The van der Waals surface area contributed by atoms with Gasteiger partial charge < -0.3 is 15.2 Å². The highest BCUT2D eigenvalue weighted by Gasteiger charge is 2.10. The monoisotopic (exact) mass is 260 g/mol. The molecule has 19 heavy (non-hydrogen) atoms. The average molecular weight is 260 g/mol. The third-order valence-electron chi connectivity index (χ3n) is 2.63. The lowest BCUT2D eigenvalue weighted by Gasteiger charge is -2.12. The van der Waals surface area contributed by atoms with Gasteiger partial charge in [0.1, 0.15) is 0 Å². The van der Waals surface area contributed by atoms with E-state index in [4.69, 9.17) is 15.2 Å². The molecule has 0 aliphatic rings. The van der Waals surface area contributed by atoms with Gasteiger partial charge in [-0.2, -0.15) is 0 Å². The van der Waals surface area contributed by atoms with Crippen LogP contribution in [0, 0.1) is 0 Å². The number of carbonyl (C=O) groups excluding carboxylic acids is 1. The zero-order valence-electron chi connectivity index (χ0n) is 11.0.